The Labute approximate surface area is 176 Å². The molecule has 0 aliphatic rings. The molecule has 2 aromatic carbocycles. The predicted molar refractivity (Wildman–Crippen MR) is 111 cm³/mol. The summed E-state index contributed by atoms with van der Waals surface area (Å²) in [6.07, 6.45) is 0. The van der Waals surface area contributed by atoms with Gasteiger partial charge in [-0.05, 0) is 58.0 Å². The van der Waals surface area contributed by atoms with Crippen LogP contribution in [0.25, 0.3) is 0 Å². The first kappa shape index (κ1) is 23.2. The highest BCUT2D eigenvalue weighted by atomic mass is 32.2. The Hall–Kier alpha value is -3.07. The van der Waals surface area contributed by atoms with E-state index in [1.54, 1.807) is 45.0 Å². The normalized spacial score (nSPS) is 11.5. The molecule has 0 amide bonds. The van der Waals surface area contributed by atoms with Gasteiger partial charge in [0.25, 0.3) is 10.0 Å². The van der Waals surface area contributed by atoms with Crippen molar-refractivity contribution in [2.24, 2.45) is 0 Å². The zero-order valence-electron chi connectivity index (χ0n) is 17.5. The lowest BCUT2D eigenvalue weighted by molar-refractivity contribution is -0.158. The molecule has 0 fully saturated rings. The van der Waals surface area contributed by atoms with Crippen molar-refractivity contribution in [3.05, 3.63) is 53.6 Å². The van der Waals surface area contributed by atoms with Gasteiger partial charge >= 0.3 is 11.9 Å². The van der Waals surface area contributed by atoms with E-state index in [1.807, 2.05) is 6.92 Å². The molecule has 30 heavy (non-hydrogen) atoms. The minimum absolute atomic E-state index is 0.0522. The fourth-order valence-electron chi connectivity index (χ4n) is 2.42. The highest BCUT2D eigenvalue weighted by molar-refractivity contribution is 7.92. The van der Waals surface area contributed by atoms with Gasteiger partial charge in [-0.2, -0.15) is 0 Å². The molecule has 9 heteroatoms. The number of hydrogen-bond donors (Lipinski definition) is 1. The number of anilines is 1. The Bertz CT molecular complexity index is 1020. The summed E-state index contributed by atoms with van der Waals surface area (Å²) < 4.78 is 43.3. The van der Waals surface area contributed by atoms with E-state index >= 15 is 0 Å². The van der Waals surface area contributed by atoms with Gasteiger partial charge in [0.2, 0.25) is 0 Å². The molecule has 0 saturated carbocycles. The second-order valence-electron chi connectivity index (χ2n) is 7.50. The zero-order valence-corrected chi connectivity index (χ0v) is 18.3. The molecule has 0 atom stereocenters. The summed E-state index contributed by atoms with van der Waals surface area (Å²) in [7, 11) is -2.73. The smallest absolute Gasteiger partial charge is 0.344 e. The summed E-state index contributed by atoms with van der Waals surface area (Å²) in [6.45, 7) is 6.36. The van der Waals surface area contributed by atoms with Crippen molar-refractivity contribution in [1.29, 1.82) is 0 Å². The second-order valence-corrected chi connectivity index (χ2v) is 9.15. The third kappa shape index (κ3) is 6.48. The fraction of sp³-hybridized carbons (Fsp3) is 0.333. The first-order chi connectivity index (χ1) is 13.9. The molecule has 162 valence electrons. The van der Waals surface area contributed by atoms with Crippen LogP contribution in [0.3, 0.4) is 0 Å². The molecule has 0 aromatic heterocycles. The van der Waals surface area contributed by atoms with Crippen LogP contribution in [0.4, 0.5) is 5.69 Å². The molecule has 0 heterocycles. The van der Waals surface area contributed by atoms with Crippen molar-refractivity contribution in [3.63, 3.8) is 0 Å². The number of ether oxygens (including phenoxy) is 3. The van der Waals surface area contributed by atoms with Crippen LogP contribution in [0.1, 0.15) is 36.7 Å². The van der Waals surface area contributed by atoms with Gasteiger partial charge < -0.3 is 14.2 Å². The molecule has 0 unspecified atom stereocenters. The number of carbonyl (C=O) groups excluding carboxylic acids is 2. The van der Waals surface area contributed by atoms with Crippen LogP contribution in [0, 0.1) is 6.92 Å². The summed E-state index contributed by atoms with van der Waals surface area (Å²) in [5.74, 6) is -1.52. The van der Waals surface area contributed by atoms with Crippen LogP contribution in [0.15, 0.2) is 47.4 Å². The van der Waals surface area contributed by atoms with E-state index in [0.717, 1.165) is 11.6 Å². The lowest BCUT2D eigenvalue weighted by Gasteiger charge is -2.19. The van der Waals surface area contributed by atoms with Crippen LogP contribution < -0.4 is 9.46 Å². The van der Waals surface area contributed by atoms with E-state index in [-0.39, 0.29) is 16.2 Å². The monoisotopic (exact) mass is 435 g/mol. The average Bonchev–Trinajstić information content (AvgIpc) is 2.66. The summed E-state index contributed by atoms with van der Waals surface area (Å²) in [4.78, 5) is 23.8. The van der Waals surface area contributed by atoms with Crippen molar-refractivity contribution >= 4 is 27.6 Å². The molecule has 0 aliphatic heterocycles. The molecule has 1 N–H and O–H groups in total. The lowest BCUT2D eigenvalue weighted by Crippen LogP contribution is -2.27. The first-order valence-corrected chi connectivity index (χ1v) is 10.6. The van der Waals surface area contributed by atoms with Crippen LogP contribution in [-0.4, -0.2) is 39.7 Å². The quantitative estimate of drug-likeness (QED) is 0.665. The number of esters is 2. The number of carbonyl (C=O) groups is 2. The standard InChI is InChI=1S/C21H25NO7S/c1-14-6-9-16(10-7-14)22-30(25,26)18-12-15(8-11-17(18)27-5)20(24)28-13-19(23)29-21(2,3)4/h6-12,22H,13H2,1-5H3. The van der Waals surface area contributed by atoms with E-state index in [1.165, 1.54) is 19.2 Å². The van der Waals surface area contributed by atoms with Crippen molar-refractivity contribution in [3.8, 4) is 5.75 Å². The first-order valence-electron chi connectivity index (χ1n) is 9.08. The third-order valence-electron chi connectivity index (χ3n) is 3.73. The van der Waals surface area contributed by atoms with Gasteiger partial charge in [-0.25, -0.2) is 18.0 Å². The van der Waals surface area contributed by atoms with E-state index < -0.39 is 34.2 Å². The van der Waals surface area contributed by atoms with Crippen molar-refractivity contribution in [2.45, 2.75) is 38.2 Å². The summed E-state index contributed by atoms with van der Waals surface area (Å²) in [5.41, 5.74) is 0.571. The molecule has 0 aliphatic carbocycles. The van der Waals surface area contributed by atoms with Crippen LogP contribution in [0.5, 0.6) is 5.75 Å². The Morgan fingerprint density at radius 2 is 1.67 bits per heavy atom. The topological polar surface area (TPSA) is 108 Å². The predicted octanol–water partition coefficient (Wildman–Crippen LogP) is 3.30. The Morgan fingerprint density at radius 3 is 2.23 bits per heavy atom. The maximum Gasteiger partial charge on any atom is 0.344 e. The number of nitrogens with one attached hydrogen (secondary N) is 1. The molecule has 2 rings (SSSR count). The Kier molecular flexibility index (Phi) is 7.09. The van der Waals surface area contributed by atoms with Gasteiger partial charge in [0.1, 0.15) is 16.2 Å². The SMILES string of the molecule is COc1ccc(C(=O)OCC(=O)OC(C)(C)C)cc1S(=O)(=O)Nc1ccc(C)cc1. The lowest BCUT2D eigenvalue weighted by atomic mass is 10.2. The van der Waals surface area contributed by atoms with Gasteiger partial charge in [0.05, 0.1) is 12.7 Å². The highest BCUT2D eigenvalue weighted by Gasteiger charge is 2.23. The molecule has 0 radical (unpaired) electrons. The van der Waals surface area contributed by atoms with Gasteiger partial charge in [-0.15, -0.1) is 0 Å². The van der Waals surface area contributed by atoms with E-state index in [9.17, 15) is 18.0 Å². The third-order valence-corrected chi connectivity index (χ3v) is 5.14. The van der Waals surface area contributed by atoms with Gasteiger partial charge in [0, 0.05) is 5.69 Å². The van der Waals surface area contributed by atoms with Gasteiger partial charge in [0.15, 0.2) is 6.61 Å². The molecular formula is C21H25NO7S. The maximum atomic E-state index is 12.8. The molecular weight excluding hydrogens is 410 g/mol. The highest BCUT2D eigenvalue weighted by Crippen LogP contribution is 2.27. The van der Waals surface area contributed by atoms with Crippen LogP contribution >= 0.6 is 0 Å². The molecule has 8 nitrogen and oxygen atoms in total. The van der Waals surface area contributed by atoms with Crippen molar-refractivity contribution in [1.82, 2.24) is 0 Å². The Balaban J connectivity index is 2.22. The number of rotatable bonds is 7. The summed E-state index contributed by atoms with van der Waals surface area (Å²) >= 11 is 0. The van der Waals surface area contributed by atoms with Crippen LogP contribution in [0.2, 0.25) is 0 Å². The Morgan fingerprint density at radius 1 is 1.03 bits per heavy atom. The maximum absolute atomic E-state index is 12.8. The summed E-state index contributed by atoms with van der Waals surface area (Å²) in [5, 5.41) is 0. The fourth-order valence-corrected chi connectivity index (χ4v) is 3.68. The van der Waals surface area contributed by atoms with Crippen LogP contribution in [-0.2, 0) is 24.3 Å². The number of sulfonamides is 1. The zero-order chi connectivity index (χ0) is 22.5. The number of benzene rings is 2. The minimum atomic E-state index is -4.05. The number of aryl methyl sites for hydroxylation is 1. The largest absolute Gasteiger partial charge is 0.495 e. The molecule has 0 spiro atoms. The minimum Gasteiger partial charge on any atom is -0.495 e. The van der Waals surface area contributed by atoms with E-state index in [2.05, 4.69) is 4.72 Å². The van der Waals surface area contributed by atoms with Crippen molar-refractivity contribution < 1.29 is 32.2 Å². The van der Waals surface area contributed by atoms with Gasteiger partial charge in [-0.1, -0.05) is 17.7 Å². The average molecular weight is 435 g/mol. The molecule has 0 saturated heterocycles. The van der Waals surface area contributed by atoms with Crippen molar-refractivity contribution in [2.75, 3.05) is 18.4 Å². The molecule has 2 aromatic rings. The van der Waals surface area contributed by atoms with E-state index in [0.29, 0.717) is 5.69 Å². The molecule has 0 bridgehead atoms. The second kappa shape index (κ2) is 9.17. The number of methoxy groups -OCH3 is 1. The summed E-state index contributed by atoms with van der Waals surface area (Å²) in [6, 6.07) is 10.6. The number of hydrogen-bond acceptors (Lipinski definition) is 7. The van der Waals surface area contributed by atoms with Gasteiger partial charge in [-0.3, -0.25) is 4.72 Å². The van der Waals surface area contributed by atoms with E-state index in [4.69, 9.17) is 14.2 Å².